The zero-order valence-electron chi connectivity index (χ0n) is 12.4. The van der Waals surface area contributed by atoms with Crippen molar-refractivity contribution < 1.29 is 14.6 Å². The molecule has 0 spiro atoms. The molecule has 0 aromatic carbocycles. The number of pyridine rings is 1. The fraction of sp³-hybridized carbons (Fsp3) is 0.600. The Labute approximate surface area is 119 Å². The first-order valence-corrected chi connectivity index (χ1v) is 6.82. The minimum Gasteiger partial charge on any atom is -0.489 e. The van der Waals surface area contributed by atoms with Crippen molar-refractivity contribution in [3.8, 4) is 5.75 Å². The molecule has 1 fully saturated rings. The average Bonchev–Trinajstić information content (AvgIpc) is 2.25. The summed E-state index contributed by atoms with van der Waals surface area (Å²) in [6.45, 7) is 8.65. The van der Waals surface area contributed by atoms with Crippen molar-refractivity contribution in [3.63, 3.8) is 0 Å². The van der Waals surface area contributed by atoms with Crippen LogP contribution in [0.2, 0.25) is 0 Å². The van der Waals surface area contributed by atoms with Crippen molar-refractivity contribution in [3.05, 3.63) is 24.0 Å². The van der Waals surface area contributed by atoms with E-state index in [0.29, 0.717) is 5.75 Å². The van der Waals surface area contributed by atoms with E-state index >= 15 is 0 Å². The Morgan fingerprint density at radius 3 is 2.35 bits per heavy atom. The molecule has 1 saturated heterocycles. The van der Waals surface area contributed by atoms with Crippen molar-refractivity contribution in [2.45, 2.75) is 57.7 Å². The van der Waals surface area contributed by atoms with E-state index < -0.39 is 5.97 Å². The van der Waals surface area contributed by atoms with Gasteiger partial charge in [-0.05, 0) is 39.8 Å². The van der Waals surface area contributed by atoms with E-state index in [2.05, 4.69) is 38.0 Å². The molecule has 0 saturated carbocycles. The molecule has 20 heavy (non-hydrogen) atoms. The minimum absolute atomic E-state index is 0.0147. The van der Waals surface area contributed by atoms with E-state index in [1.807, 2.05) is 0 Å². The standard InChI is InChI=1S/C15H22N2O3/c1-14(2)7-11(8-15(3,4)17-14)20-10-5-6-12(13(18)19)16-9-10/h5-6,9,11,17H,7-8H2,1-4H3,(H,18,19). The summed E-state index contributed by atoms with van der Waals surface area (Å²) >= 11 is 0. The Morgan fingerprint density at radius 2 is 1.90 bits per heavy atom. The van der Waals surface area contributed by atoms with Crippen molar-refractivity contribution >= 4 is 5.97 Å². The zero-order valence-corrected chi connectivity index (χ0v) is 12.4. The van der Waals surface area contributed by atoms with E-state index in [-0.39, 0.29) is 22.9 Å². The maximum absolute atomic E-state index is 10.8. The lowest BCUT2D eigenvalue weighted by atomic mass is 9.81. The highest BCUT2D eigenvalue weighted by molar-refractivity contribution is 5.85. The number of hydrogen-bond donors (Lipinski definition) is 2. The lowest BCUT2D eigenvalue weighted by Gasteiger charge is -2.46. The van der Waals surface area contributed by atoms with E-state index in [4.69, 9.17) is 9.84 Å². The second-order valence-electron chi connectivity index (χ2n) is 6.73. The molecule has 2 N–H and O–H groups in total. The van der Waals surface area contributed by atoms with Crippen LogP contribution >= 0.6 is 0 Å². The van der Waals surface area contributed by atoms with Crippen LogP contribution in [0, 0.1) is 0 Å². The Morgan fingerprint density at radius 1 is 1.30 bits per heavy atom. The van der Waals surface area contributed by atoms with E-state index in [1.165, 1.54) is 12.3 Å². The van der Waals surface area contributed by atoms with Crippen LogP contribution in [0.3, 0.4) is 0 Å². The van der Waals surface area contributed by atoms with Gasteiger partial charge in [-0.3, -0.25) is 0 Å². The van der Waals surface area contributed by atoms with Gasteiger partial charge in [0.1, 0.15) is 17.5 Å². The third-order valence-corrected chi connectivity index (χ3v) is 3.41. The molecule has 1 aliphatic heterocycles. The third kappa shape index (κ3) is 3.70. The van der Waals surface area contributed by atoms with Crippen LogP contribution in [0.15, 0.2) is 18.3 Å². The Balaban J connectivity index is 2.07. The fourth-order valence-corrected chi connectivity index (χ4v) is 3.08. The summed E-state index contributed by atoms with van der Waals surface area (Å²) < 4.78 is 5.97. The molecule has 0 radical (unpaired) electrons. The maximum Gasteiger partial charge on any atom is 0.354 e. The SMILES string of the molecule is CC1(C)CC(Oc2ccc(C(=O)O)nc2)CC(C)(C)N1. The Hall–Kier alpha value is -1.62. The van der Waals surface area contributed by atoms with Crippen molar-refractivity contribution in [2.75, 3.05) is 0 Å². The molecule has 0 atom stereocenters. The van der Waals surface area contributed by atoms with Gasteiger partial charge in [0.15, 0.2) is 0 Å². The number of nitrogens with zero attached hydrogens (tertiary/aromatic N) is 1. The number of carboxylic acid groups (broad SMARTS) is 1. The highest BCUT2D eigenvalue weighted by Gasteiger charge is 2.38. The van der Waals surface area contributed by atoms with Gasteiger partial charge in [-0.2, -0.15) is 0 Å². The maximum atomic E-state index is 10.8. The summed E-state index contributed by atoms with van der Waals surface area (Å²) in [6, 6.07) is 3.13. The van der Waals surface area contributed by atoms with Gasteiger partial charge < -0.3 is 15.2 Å². The largest absolute Gasteiger partial charge is 0.489 e. The van der Waals surface area contributed by atoms with Crippen molar-refractivity contribution in [1.82, 2.24) is 10.3 Å². The van der Waals surface area contributed by atoms with Crippen molar-refractivity contribution in [1.29, 1.82) is 0 Å². The molecule has 5 heteroatoms. The normalized spacial score (nSPS) is 21.4. The third-order valence-electron chi connectivity index (χ3n) is 3.41. The molecule has 5 nitrogen and oxygen atoms in total. The number of aromatic carboxylic acids is 1. The van der Waals surface area contributed by atoms with Crippen LogP contribution in [0.5, 0.6) is 5.75 Å². The number of hydrogen-bond acceptors (Lipinski definition) is 4. The second-order valence-corrected chi connectivity index (χ2v) is 6.73. The molecule has 1 aromatic heterocycles. The van der Waals surface area contributed by atoms with Gasteiger partial charge in [0.05, 0.1) is 6.20 Å². The first kappa shape index (κ1) is 14.8. The molecular weight excluding hydrogens is 256 g/mol. The molecule has 110 valence electrons. The lowest BCUT2D eigenvalue weighted by molar-refractivity contribution is 0.0556. The number of carboxylic acids is 1. The molecule has 0 unspecified atom stereocenters. The molecule has 2 heterocycles. The van der Waals surface area contributed by atoms with E-state index in [9.17, 15) is 4.79 Å². The number of carbonyl (C=O) groups is 1. The van der Waals surface area contributed by atoms with Crippen LogP contribution in [0.1, 0.15) is 51.0 Å². The minimum atomic E-state index is -1.03. The topological polar surface area (TPSA) is 71.5 Å². The smallest absolute Gasteiger partial charge is 0.354 e. The first-order chi connectivity index (χ1) is 9.17. The highest BCUT2D eigenvalue weighted by Crippen LogP contribution is 2.31. The lowest BCUT2D eigenvalue weighted by Crippen LogP contribution is -2.60. The van der Waals surface area contributed by atoms with Gasteiger partial charge in [-0.1, -0.05) is 0 Å². The quantitative estimate of drug-likeness (QED) is 0.888. The molecule has 1 aliphatic rings. The predicted octanol–water partition coefficient (Wildman–Crippen LogP) is 2.47. The van der Waals surface area contributed by atoms with Gasteiger partial charge in [-0.25, -0.2) is 9.78 Å². The van der Waals surface area contributed by atoms with Gasteiger partial charge in [-0.15, -0.1) is 0 Å². The van der Waals surface area contributed by atoms with Gasteiger partial charge in [0.2, 0.25) is 0 Å². The van der Waals surface area contributed by atoms with Crippen LogP contribution < -0.4 is 10.1 Å². The highest BCUT2D eigenvalue weighted by atomic mass is 16.5. The fourth-order valence-electron chi connectivity index (χ4n) is 3.08. The number of nitrogens with one attached hydrogen (secondary N) is 1. The Kier molecular flexibility index (Phi) is 3.73. The van der Waals surface area contributed by atoms with Gasteiger partial charge >= 0.3 is 5.97 Å². The van der Waals surface area contributed by atoms with Crippen LogP contribution in [0.25, 0.3) is 0 Å². The summed E-state index contributed by atoms with van der Waals surface area (Å²) in [5.41, 5.74) is 0.0603. The summed E-state index contributed by atoms with van der Waals surface area (Å²) in [4.78, 5) is 14.6. The zero-order chi connectivity index (χ0) is 15.0. The molecule has 1 aromatic rings. The number of piperidine rings is 1. The molecular formula is C15H22N2O3. The summed E-state index contributed by atoms with van der Waals surface area (Å²) in [7, 11) is 0. The van der Waals surface area contributed by atoms with Crippen molar-refractivity contribution in [2.24, 2.45) is 0 Å². The van der Waals surface area contributed by atoms with E-state index in [1.54, 1.807) is 6.07 Å². The number of rotatable bonds is 3. The molecule has 0 amide bonds. The van der Waals surface area contributed by atoms with Crippen LogP contribution in [-0.4, -0.2) is 33.2 Å². The predicted molar refractivity (Wildman–Crippen MR) is 76.1 cm³/mol. The second kappa shape index (κ2) is 5.05. The molecule has 0 aliphatic carbocycles. The van der Waals surface area contributed by atoms with Gasteiger partial charge in [0, 0.05) is 23.9 Å². The summed E-state index contributed by atoms with van der Waals surface area (Å²) in [5, 5.41) is 12.4. The van der Waals surface area contributed by atoms with Gasteiger partial charge in [0.25, 0.3) is 0 Å². The Bertz CT molecular complexity index is 478. The monoisotopic (exact) mass is 278 g/mol. The average molecular weight is 278 g/mol. The van der Waals surface area contributed by atoms with Crippen LogP contribution in [-0.2, 0) is 0 Å². The number of ether oxygens (including phenoxy) is 1. The number of aromatic nitrogens is 1. The molecule has 0 bridgehead atoms. The summed E-state index contributed by atoms with van der Waals surface area (Å²) in [5.74, 6) is -0.408. The molecule has 2 rings (SSSR count). The first-order valence-electron chi connectivity index (χ1n) is 6.82. The van der Waals surface area contributed by atoms with Crippen LogP contribution in [0.4, 0.5) is 0 Å². The summed E-state index contributed by atoms with van der Waals surface area (Å²) in [6.07, 6.45) is 3.37. The van der Waals surface area contributed by atoms with E-state index in [0.717, 1.165) is 12.8 Å².